The molecule has 3 rings (SSSR count). The molecule has 3 aromatic rings. The normalized spacial score (nSPS) is 10.9. The Balaban J connectivity index is 2.43. The summed E-state index contributed by atoms with van der Waals surface area (Å²) < 4.78 is 1.44. The van der Waals surface area contributed by atoms with Gasteiger partial charge in [0.2, 0.25) is 0 Å². The number of thiophene rings is 1. The molecule has 18 heavy (non-hydrogen) atoms. The minimum Gasteiger partial charge on any atom is -0.476 e. The number of hydrogen-bond donors (Lipinski definition) is 1. The van der Waals surface area contributed by atoms with Gasteiger partial charge in [0.05, 0.1) is 4.88 Å². The monoisotopic (exact) mass is 278 g/mol. The molecule has 0 saturated heterocycles. The Hall–Kier alpha value is -1.85. The Bertz CT molecular complexity index is 734. The second-order valence-electron chi connectivity index (χ2n) is 3.63. The van der Waals surface area contributed by atoms with Crippen molar-refractivity contribution in [3.63, 3.8) is 0 Å². The Morgan fingerprint density at radius 3 is 2.83 bits per heavy atom. The lowest BCUT2D eigenvalue weighted by Gasteiger charge is -2.00. The Labute approximate surface area is 111 Å². The zero-order valence-corrected chi connectivity index (χ0v) is 10.6. The van der Waals surface area contributed by atoms with Crippen molar-refractivity contribution in [2.24, 2.45) is 0 Å². The molecule has 0 aliphatic rings. The third kappa shape index (κ3) is 1.60. The SMILES string of the molecule is O=C(O)c1c(-c2cccs2)nc2cccc(Cl)n12. The van der Waals surface area contributed by atoms with Crippen LogP contribution in [0.5, 0.6) is 0 Å². The minimum atomic E-state index is -1.04. The van der Waals surface area contributed by atoms with Crippen LogP contribution in [-0.4, -0.2) is 20.5 Å². The van der Waals surface area contributed by atoms with Gasteiger partial charge in [0.1, 0.15) is 16.5 Å². The van der Waals surface area contributed by atoms with Crippen LogP contribution in [-0.2, 0) is 0 Å². The van der Waals surface area contributed by atoms with Crippen molar-refractivity contribution in [1.29, 1.82) is 0 Å². The number of carboxylic acid groups (broad SMARTS) is 1. The number of nitrogens with zero attached hydrogens (tertiary/aromatic N) is 2. The molecule has 3 aromatic heterocycles. The molecule has 0 bridgehead atoms. The average Bonchev–Trinajstić information content (AvgIpc) is 2.95. The second kappa shape index (κ2) is 4.12. The number of carboxylic acids is 1. The number of aromatic carboxylic acids is 1. The van der Waals surface area contributed by atoms with Crippen LogP contribution in [0.25, 0.3) is 16.2 Å². The van der Waals surface area contributed by atoms with E-state index in [1.165, 1.54) is 15.7 Å². The minimum absolute atomic E-state index is 0.0954. The molecule has 3 heterocycles. The van der Waals surface area contributed by atoms with Crippen molar-refractivity contribution in [3.05, 3.63) is 46.6 Å². The molecule has 4 nitrogen and oxygen atoms in total. The molecular formula is C12H7ClN2O2S. The summed E-state index contributed by atoms with van der Waals surface area (Å²) in [7, 11) is 0. The number of aromatic nitrogens is 2. The standard InChI is InChI=1S/C12H7ClN2O2S/c13-8-4-1-5-9-14-10(7-3-2-6-18-7)11(12(16)17)15(8)9/h1-6H,(H,16,17). The van der Waals surface area contributed by atoms with E-state index in [1.54, 1.807) is 18.2 Å². The summed E-state index contributed by atoms with van der Waals surface area (Å²) >= 11 is 7.49. The van der Waals surface area contributed by atoms with E-state index in [4.69, 9.17) is 11.6 Å². The number of pyridine rings is 1. The topological polar surface area (TPSA) is 54.6 Å². The number of fused-ring (bicyclic) bond motifs is 1. The second-order valence-corrected chi connectivity index (χ2v) is 4.97. The van der Waals surface area contributed by atoms with Gasteiger partial charge >= 0.3 is 5.97 Å². The molecule has 0 amide bonds. The summed E-state index contributed by atoms with van der Waals surface area (Å²) in [6, 6.07) is 8.81. The van der Waals surface area contributed by atoms with Crippen molar-refractivity contribution < 1.29 is 9.90 Å². The fraction of sp³-hybridized carbons (Fsp3) is 0. The fourth-order valence-electron chi connectivity index (χ4n) is 1.84. The Kier molecular flexibility index (Phi) is 2.57. The van der Waals surface area contributed by atoms with Gasteiger partial charge in [-0.3, -0.25) is 4.40 Å². The summed E-state index contributed by atoms with van der Waals surface area (Å²) in [5, 5.41) is 11.6. The van der Waals surface area contributed by atoms with E-state index in [2.05, 4.69) is 4.98 Å². The first kappa shape index (κ1) is 11.3. The van der Waals surface area contributed by atoms with Gasteiger partial charge in [0.25, 0.3) is 0 Å². The van der Waals surface area contributed by atoms with Crippen LogP contribution in [0.2, 0.25) is 5.15 Å². The van der Waals surface area contributed by atoms with Crippen LogP contribution in [0, 0.1) is 0 Å². The summed E-state index contributed by atoms with van der Waals surface area (Å²) in [4.78, 5) is 16.6. The molecule has 0 saturated carbocycles. The van der Waals surface area contributed by atoms with Gasteiger partial charge in [-0.15, -0.1) is 11.3 Å². The van der Waals surface area contributed by atoms with Crippen molar-refractivity contribution in [2.45, 2.75) is 0 Å². The highest BCUT2D eigenvalue weighted by Gasteiger charge is 2.21. The van der Waals surface area contributed by atoms with Gasteiger partial charge in [-0.1, -0.05) is 23.7 Å². The summed E-state index contributed by atoms with van der Waals surface area (Å²) in [6.45, 7) is 0. The molecule has 0 spiro atoms. The zero-order valence-electron chi connectivity index (χ0n) is 9.00. The maximum absolute atomic E-state index is 11.4. The van der Waals surface area contributed by atoms with Crippen LogP contribution in [0.1, 0.15) is 10.5 Å². The lowest BCUT2D eigenvalue weighted by atomic mass is 10.3. The van der Waals surface area contributed by atoms with Crippen molar-refractivity contribution >= 4 is 34.6 Å². The number of hydrogen-bond acceptors (Lipinski definition) is 3. The average molecular weight is 279 g/mol. The molecule has 0 aliphatic carbocycles. The van der Waals surface area contributed by atoms with E-state index in [0.29, 0.717) is 16.5 Å². The Morgan fingerprint density at radius 2 is 2.17 bits per heavy atom. The third-order valence-electron chi connectivity index (χ3n) is 2.55. The zero-order chi connectivity index (χ0) is 12.7. The molecule has 0 radical (unpaired) electrons. The first-order valence-electron chi connectivity index (χ1n) is 5.12. The van der Waals surface area contributed by atoms with Gasteiger partial charge in [0, 0.05) is 0 Å². The van der Waals surface area contributed by atoms with Gasteiger partial charge in [-0.2, -0.15) is 0 Å². The molecule has 0 aromatic carbocycles. The van der Waals surface area contributed by atoms with E-state index in [0.717, 1.165) is 4.88 Å². The van der Waals surface area contributed by atoms with Crippen molar-refractivity contribution in [3.8, 4) is 10.6 Å². The maximum atomic E-state index is 11.4. The smallest absolute Gasteiger partial charge is 0.355 e. The van der Waals surface area contributed by atoms with E-state index in [9.17, 15) is 9.90 Å². The lowest BCUT2D eigenvalue weighted by molar-refractivity contribution is 0.0690. The summed E-state index contributed by atoms with van der Waals surface area (Å²) in [6.07, 6.45) is 0. The highest BCUT2D eigenvalue weighted by molar-refractivity contribution is 7.13. The summed E-state index contributed by atoms with van der Waals surface area (Å²) in [5.74, 6) is -1.04. The highest BCUT2D eigenvalue weighted by Crippen LogP contribution is 2.30. The molecule has 0 aliphatic heterocycles. The van der Waals surface area contributed by atoms with Crippen LogP contribution in [0.4, 0.5) is 0 Å². The molecule has 90 valence electrons. The van der Waals surface area contributed by atoms with E-state index >= 15 is 0 Å². The molecule has 0 unspecified atom stereocenters. The molecule has 0 atom stereocenters. The number of carbonyl (C=O) groups is 1. The van der Waals surface area contributed by atoms with Gasteiger partial charge in [-0.25, -0.2) is 9.78 Å². The first-order valence-corrected chi connectivity index (χ1v) is 6.38. The summed E-state index contributed by atoms with van der Waals surface area (Å²) in [5.41, 5.74) is 1.08. The first-order chi connectivity index (χ1) is 8.68. The highest BCUT2D eigenvalue weighted by atomic mass is 35.5. The number of halogens is 1. The quantitative estimate of drug-likeness (QED) is 0.731. The van der Waals surface area contributed by atoms with Gasteiger partial charge < -0.3 is 5.11 Å². The third-order valence-corrected chi connectivity index (χ3v) is 3.72. The van der Waals surface area contributed by atoms with Crippen LogP contribution in [0.3, 0.4) is 0 Å². The largest absolute Gasteiger partial charge is 0.476 e. The predicted molar refractivity (Wildman–Crippen MR) is 70.5 cm³/mol. The lowest BCUT2D eigenvalue weighted by Crippen LogP contribution is -2.03. The Morgan fingerprint density at radius 1 is 1.33 bits per heavy atom. The maximum Gasteiger partial charge on any atom is 0.355 e. The molecular weight excluding hydrogens is 272 g/mol. The van der Waals surface area contributed by atoms with Crippen LogP contribution in [0.15, 0.2) is 35.7 Å². The van der Waals surface area contributed by atoms with E-state index < -0.39 is 5.97 Å². The van der Waals surface area contributed by atoms with E-state index in [1.807, 2.05) is 17.5 Å². The number of rotatable bonds is 2. The number of imidazole rings is 1. The predicted octanol–water partition coefficient (Wildman–Crippen LogP) is 3.41. The van der Waals surface area contributed by atoms with Crippen molar-refractivity contribution in [2.75, 3.05) is 0 Å². The molecule has 0 fully saturated rings. The molecule has 6 heteroatoms. The van der Waals surface area contributed by atoms with Gasteiger partial charge in [0.15, 0.2) is 5.69 Å². The van der Waals surface area contributed by atoms with Crippen LogP contribution >= 0.6 is 22.9 Å². The van der Waals surface area contributed by atoms with Gasteiger partial charge in [-0.05, 0) is 23.6 Å². The van der Waals surface area contributed by atoms with Crippen LogP contribution < -0.4 is 0 Å². The van der Waals surface area contributed by atoms with E-state index in [-0.39, 0.29) is 5.69 Å². The van der Waals surface area contributed by atoms with Crippen molar-refractivity contribution in [1.82, 2.24) is 9.38 Å². The fourth-order valence-corrected chi connectivity index (χ4v) is 2.79. The molecule has 1 N–H and O–H groups in total.